The Morgan fingerprint density at radius 1 is 0.282 bits per heavy atom. The van der Waals surface area contributed by atoms with Crippen molar-refractivity contribution in [1.82, 2.24) is 14.7 Å². The predicted octanol–water partition coefficient (Wildman–Crippen LogP) is 28.9. The zero-order valence-electron chi connectivity index (χ0n) is 71.4. The molecular formula is C94H183N3O6. The van der Waals surface area contributed by atoms with Crippen LogP contribution in [0.25, 0.3) is 0 Å². The molecule has 1 fully saturated rings. The molecule has 1 saturated carbocycles. The summed E-state index contributed by atoms with van der Waals surface area (Å²) in [5.74, 6) is -2.65. The highest BCUT2D eigenvalue weighted by Gasteiger charge is 2.42. The monoisotopic (exact) mass is 1450 g/mol. The van der Waals surface area contributed by atoms with Crippen molar-refractivity contribution in [3.05, 3.63) is 12.3 Å². The summed E-state index contributed by atoms with van der Waals surface area (Å²) in [6.45, 7) is 29.4. The number of unbranched alkanes of at least 4 members (excludes halogenated alkanes) is 53. The van der Waals surface area contributed by atoms with Gasteiger partial charge in [0.15, 0.2) is 0 Å². The molecule has 7 atom stereocenters. The number of nitrogens with zero attached hydrogens (tertiary/aromatic N) is 3. The Morgan fingerprint density at radius 3 is 0.825 bits per heavy atom. The number of rotatable bonds is 80. The van der Waals surface area contributed by atoms with Gasteiger partial charge in [-0.2, -0.15) is 0 Å². The van der Waals surface area contributed by atoms with Crippen LogP contribution >= 0.6 is 0 Å². The molecule has 0 amide bonds. The Labute approximate surface area is 644 Å². The molecule has 0 heterocycles. The number of esters is 3. The largest absolute Gasteiger partial charge is 0.462 e. The lowest BCUT2D eigenvalue weighted by molar-refractivity contribution is -0.165. The van der Waals surface area contributed by atoms with Crippen LogP contribution in [0.5, 0.6) is 0 Å². The van der Waals surface area contributed by atoms with E-state index in [1.165, 1.54) is 385 Å². The standard InChI is InChI=1S/C94H183N3O6/c1-11-17-23-29-35-41-47-53-59-65-74-95(75-66-60-54-48-42-36-30-24-18-12-2)79-71-86(8)101-92(98)89-82-90(93(99)102-87(9)72-80-96(76-67-61-55-49-43-37-31-25-19-13-3)77-68-62-56-50-44-38-32-26-20-14-4)84-91(83-89)94(100)103-88(10)73-81-97(78-69-63-57-51-45-39-33-27-21-15-5)85(7)70-64-58-52-46-40-34-28-22-16-6/h71,79,85-91H,11-70,72-78,80-84H2,1-10H3/b79-71+/t85?,86?,87?,88?,89-,90+,91-/m1/s1. The van der Waals surface area contributed by atoms with Gasteiger partial charge in [0.25, 0.3) is 0 Å². The molecule has 610 valence electrons. The van der Waals surface area contributed by atoms with Gasteiger partial charge < -0.3 is 28.9 Å². The number of hydrogen-bond acceptors (Lipinski definition) is 9. The van der Waals surface area contributed by atoms with Gasteiger partial charge in [0.05, 0.1) is 17.8 Å². The summed E-state index contributed by atoms with van der Waals surface area (Å²) in [5, 5.41) is 0. The zero-order chi connectivity index (χ0) is 75.0. The fraction of sp³-hybridized carbons (Fsp3) is 0.947. The van der Waals surface area contributed by atoms with Gasteiger partial charge in [0.2, 0.25) is 0 Å². The molecule has 103 heavy (non-hydrogen) atoms. The zero-order valence-corrected chi connectivity index (χ0v) is 71.4. The Hall–Kier alpha value is -2.13. The van der Waals surface area contributed by atoms with Crippen LogP contribution < -0.4 is 0 Å². The van der Waals surface area contributed by atoms with Crippen molar-refractivity contribution >= 4 is 17.9 Å². The van der Waals surface area contributed by atoms with Crippen molar-refractivity contribution in [3.8, 4) is 0 Å². The van der Waals surface area contributed by atoms with Gasteiger partial charge in [0, 0.05) is 32.2 Å². The first-order valence-corrected chi connectivity index (χ1v) is 46.9. The van der Waals surface area contributed by atoms with Crippen molar-refractivity contribution in [2.45, 2.75) is 511 Å². The van der Waals surface area contributed by atoms with E-state index in [0.717, 1.165) is 58.7 Å². The van der Waals surface area contributed by atoms with Gasteiger partial charge in [-0.15, -0.1) is 0 Å². The summed E-state index contributed by atoms with van der Waals surface area (Å²) in [7, 11) is 0. The maximum Gasteiger partial charge on any atom is 0.309 e. The highest BCUT2D eigenvalue weighted by Crippen LogP contribution is 2.37. The molecule has 1 aliphatic rings. The second-order valence-corrected chi connectivity index (χ2v) is 33.6. The van der Waals surface area contributed by atoms with Crippen LogP contribution in [-0.4, -0.2) is 103 Å². The molecule has 0 aromatic rings. The van der Waals surface area contributed by atoms with Crippen LogP contribution in [0.15, 0.2) is 12.3 Å². The predicted molar refractivity (Wildman–Crippen MR) is 449 cm³/mol. The fourth-order valence-corrected chi connectivity index (χ4v) is 16.0. The van der Waals surface area contributed by atoms with E-state index in [1.807, 2.05) is 6.92 Å². The van der Waals surface area contributed by atoms with E-state index in [4.69, 9.17) is 14.2 Å². The molecule has 0 aromatic carbocycles. The third kappa shape index (κ3) is 62.3. The quantitative estimate of drug-likeness (QED) is 0.0336. The van der Waals surface area contributed by atoms with Gasteiger partial charge in [0.1, 0.15) is 18.3 Å². The average Bonchev–Trinajstić information content (AvgIpc) is 0.823. The molecular weight excluding hydrogens is 1270 g/mol. The second-order valence-electron chi connectivity index (χ2n) is 33.6. The van der Waals surface area contributed by atoms with Crippen molar-refractivity contribution in [1.29, 1.82) is 0 Å². The number of carbonyl (C=O) groups is 3. The van der Waals surface area contributed by atoms with Gasteiger partial charge in [-0.1, -0.05) is 388 Å². The van der Waals surface area contributed by atoms with Crippen molar-refractivity contribution in [2.24, 2.45) is 17.8 Å². The molecule has 9 nitrogen and oxygen atoms in total. The second kappa shape index (κ2) is 75.3. The Morgan fingerprint density at radius 2 is 0.524 bits per heavy atom. The number of ether oxygens (including phenoxy) is 3. The number of hydrogen-bond donors (Lipinski definition) is 0. The van der Waals surface area contributed by atoms with Crippen molar-refractivity contribution in [2.75, 3.05) is 45.8 Å². The summed E-state index contributed by atoms with van der Waals surface area (Å²) < 4.78 is 19.2. The summed E-state index contributed by atoms with van der Waals surface area (Å²) in [6, 6.07) is 0.483. The molecule has 1 aliphatic carbocycles. The molecule has 0 bridgehead atoms. The van der Waals surface area contributed by atoms with Crippen LogP contribution in [-0.2, 0) is 28.6 Å². The first-order chi connectivity index (χ1) is 50.4. The highest BCUT2D eigenvalue weighted by molar-refractivity contribution is 5.80. The summed E-state index contributed by atoms with van der Waals surface area (Å²) in [5.41, 5.74) is 0. The van der Waals surface area contributed by atoms with Gasteiger partial charge >= 0.3 is 17.9 Å². The minimum Gasteiger partial charge on any atom is -0.462 e. The first kappa shape index (κ1) is 98.9. The molecule has 0 radical (unpaired) electrons. The molecule has 4 unspecified atom stereocenters. The van der Waals surface area contributed by atoms with Crippen LogP contribution in [0.3, 0.4) is 0 Å². The van der Waals surface area contributed by atoms with Gasteiger partial charge in [-0.3, -0.25) is 14.4 Å². The maximum absolute atomic E-state index is 14.7. The lowest BCUT2D eigenvalue weighted by atomic mass is 9.75. The minimum absolute atomic E-state index is 0.270. The average molecular weight is 1450 g/mol. The van der Waals surface area contributed by atoms with E-state index in [1.54, 1.807) is 0 Å². The summed E-state index contributed by atoms with van der Waals surface area (Å²) in [6.07, 6.45) is 85.6. The smallest absolute Gasteiger partial charge is 0.309 e. The van der Waals surface area contributed by atoms with Crippen LogP contribution in [0, 0.1) is 17.8 Å². The third-order valence-corrected chi connectivity index (χ3v) is 23.3. The molecule has 0 N–H and O–H groups in total. The first-order valence-electron chi connectivity index (χ1n) is 46.9. The minimum atomic E-state index is -0.601. The third-order valence-electron chi connectivity index (χ3n) is 23.3. The molecule has 0 saturated heterocycles. The molecule has 0 aromatic heterocycles. The van der Waals surface area contributed by atoms with Crippen LogP contribution in [0.4, 0.5) is 0 Å². The molecule has 0 aliphatic heterocycles. The van der Waals surface area contributed by atoms with Gasteiger partial charge in [-0.05, 0) is 130 Å². The normalized spacial score (nSPS) is 16.1. The lowest BCUT2D eigenvalue weighted by Gasteiger charge is -2.33. The van der Waals surface area contributed by atoms with E-state index < -0.39 is 23.9 Å². The van der Waals surface area contributed by atoms with Crippen LogP contribution in [0.1, 0.15) is 487 Å². The van der Waals surface area contributed by atoms with Crippen molar-refractivity contribution < 1.29 is 28.6 Å². The topological polar surface area (TPSA) is 88.6 Å². The summed E-state index contributed by atoms with van der Waals surface area (Å²) in [4.78, 5) is 51.7. The maximum atomic E-state index is 14.7. The Kier molecular flexibility index (Phi) is 72.3. The Balaban J connectivity index is 3.32. The van der Waals surface area contributed by atoms with E-state index >= 15 is 0 Å². The Bertz CT molecular complexity index is 1780. The highest BCUT2D eigenvalue weighted by atomic mass is 16.6. The SMILES string of the molecule is CCCCCCCCCCCCN(/C=C/C(C)OC(=O)[C@H]1C[C@@H](C(=O)OC(C)CCN(CCCCCCCCCCCC)C(C)CCCCCCCCCCC)C[C@@H](C(=O)OC(C)CCN(CCCCCCCCCCCC)CCCCCCCCCCCC)C1)CCCCCCCCCCCC. The summed E-state index contributed by atoms with van der Waals surface area (Å²) >= 11 is 0. The van der Waals surface area contributed by atoms with Crippen LogP contribution in [0.2, 0.25) is 0 Å². The van der Waals surface area contributed by atoms with E-state index in [-0.39, 0.29) is 30.1 Å². The van der Waals surface area contributed by atoms with E-state index in [9.17, 15) is 14.4 Å². The number of carbonyl (C=O) groups excluding carboxylic acids is 3. The van der Waals surface area contributed by atoms with E-state index in [2.05, 4.69) is 89.3 Å². The molecule has 1 rings (SSSR count). The van der Waals surface area contributed by atoms with Crippen molar-refractivity contribution in [3.63, 3.8) is 0 Å². The molecule has 9 heteroatoms. The van der Waals surface area contributed by atoms with Gasteiger partial charge in [-0.25, -0.2) is 0 Å². The fourth-order valence-electron chi connectivity index (χ4n) is 16.0. The molecule has 0 spiro atoms. The lowest BCUT2D eigenvalue weighted by Crippen LogP contribution is -2.40. The van der Waals surface area contributed by atoms with E-state index in [0.29, 0.717) is 25.3 Å².